The molecule has 0 N–H and O–H groups in total. The van der Waals surface area contributed by atoms with Crippen molar-refractivity contribution in [3.8, 4) is 11.8 Å². The van der Waals surface area contributed by atoms with Gasteiger partial charge in [0.2, 0.25) is 5.82 Å². The lowest BCUT2D eigenvalue weighted by atomic mass is 9.77. The highest BCUT2D eigenvalue weighted by Crippen LogP contribution is 2.37. The highest BCUT2D eigenvalue weighted by atomic mass is 14.8. The first-order chi connectivity index (χ1) is 13.8. The van der Waals surface area contributed by atoms with Gasteiger partial charge >= 0.3 is 0 Å². The first-order valence-corrected chi connectivity index (χ1v) is 11.2. The van der Waals surface area contributed by atoms with Gasteiger partial charge in [-0.15, -0.1) is 0 Å². The van der Waals surface area contributed by atoms with Gasteiger partial charge in [0.05, 0.1) is 0 Å². The van der Waals surface area contributed by atoms with Gasteiger partial charge < -0.3 is 0 Å². The number of hydrogen-bond donors (Lipinski definition) is 0. The van der Waals surface area contributed by atoms with Gasteiger partial charge in [-0.1, -0.05) is 64.0 Å². The van der Waals surface area contributed by atoms with Crippen molar-refractivity contribution in [1.82, 2.24) is 9.97 Å². The summed E-state index contributed by atoms with van der Waals surface area (Å²) in [6.07, 6.45) is 17.0. The van der Waals surface area contributed by atoms with E-state index < -0.39 is 0 Å². The fraction of sp³-hybridized carbons (Fsp3) is 0.538. The molecule has 0 saturated heterocycles. The minimum atomic E-state index is 0.602. The molecule has 0 amide bonds. The zero-order valence-corrected chi connectivity index (χ0v) is 17.6. The molecule has 0 spiro atoms. The average Bonchev–Trinajstić information content (AvgIpc) is 2.75. The third-order valence-electron chi connectivity index (χ3n) is 6.01. The Labute approximate surface area is 171 Å². The molecule has 2 nitrogen and oxygen atoms in total. The SMILES string of the molecule is CCCCCC1CCC(c2ccc(C#Cc3ncc(CCC)cn3)cc2)CC1. The minimum absolute atomic E-state index is 0.602. The number of aromatic nitrogens is 2. The summed E-state index contributed by atoms with van der Waals surface area (Å²) in [5, 5.41) is 0. The van der Waals surface area contributed by atoms with Crippen LogP contribution in [-0.2, 0) is 6.42 Å². The summed E-state index contributed by atoms with van der Waals surface area (Å²) in [5.74, 6) is 8.60. The van der Waals surface area contributed by atoms with Crippen molar-refractivity contribution in [2.45, 2.75) is 84.0 Å². The Morgan fingerprint density at radius 3 is 2.21 bits per heavy atom. The molecule has 1 saturated carbocycles. The molecule has 1 aliphatic carbocycles. The van der Waals surface area contributed by atoms with Crippen LogP contribution in [-0.4, -0.2) is 9.97 Å². The summed E-state index contributed by atoms with van der Waals surface area (Å²) in [4.78, 5) is 8.70. The molecule has 0 aliphatic heterocycles. The van der Waals surface area contributed by atoms with E-state index >= 15 is 0 Å². The molecule has 2 aromatic rings. The molecule has 1 aromatic heterocycles. The summed E-state index contributed by atoms with van der Waals surface area (Å²) < 4.78 is 0. The van der Waals surface area contributed by atoms with E-state index in [1.165, 1.54) is 62.5 Å². The molecule has 1 fully saturated rings. The number of aryl methyl sites for hydroxylation is 1. The van der Waals surface area contributed by atoms with E-state index in [1.807, 2.05) is 12.4 Å². The molecule has 1 aliphatic rings. The van der Waals surface area contributed by atoms with E-state index in [9.17, 15) is 0 Å². The van der Waals surface area contributed by atoms with Gasteiger partial charge in [0.1, 0.15) is 0 Å². The monoisotopic (exact) mass is 374 g/mol. The second-order valence-electron chi connectivity index (χ2n) is 8.25. The van der Waals surface area contributed by atoms with Crippen molar-refractivity contribution < 1.29 is 0 Å². The van der Waals surface area contributed by atoms with Crippen molar-refractivity contribution >= 4 is 0 Å². The van der Waals surface area contributed by atoms with Crippen LogP contribution in [0.1, 0.15) is 100 Å². The van der Waals surface area contributed by atoms with Crippen LogP contribution in [0.15, 0.2) is 36.7 Å². The lowest BCUT2D eigenvalue weighted by Crippen LogP contribution is -2.13. The van der Waals surface area contributed by atoms with Crippen LogP contribution < -0.4 is 0 Å². The molecule has 2 heteroatoms. The van der Waals surface area contributed by atoms with E-state index in [1.54, 1.807) is 0 Å². The summed E-state index contributed by atoms with van der Waals surface area (Å²) in [5.41, 5.74) is 3.70. The quantitative estimate of drug-likeness (QED) is 0.399. The predicted molar refractivity (Wildman–Crippen MR) is 117 cm³/mol. The largest absolute Gasteiger partial charge is 0.229 e. The molecule has 0 radical (unpaired) electrons. The molecule has 0 bridgehead atoms. The number of nitrogens with zero attached hydrogens (tertiary/aromatic N) is 2. The number of unbranched alkanes of at least 4 members (excludes halogenated alkanes) is 2. The first-order valence-electron chi connectivity index (χ1n) is 11.2. The van der Waals surface area contributed by atoms with Crippen molar-refractivity contribution in [2.24, 2.45) is 5.92 Å². The third kappa shape index (κ3) is 6.20. The standard InChI is InChI=1S/C26H34N2/c1-3-5-6-8-21-9-14-24(15-10-21)25-16-11-22(12-17-25)13-18-26-27-19-23(7-4-2)20-28-26/h11-12,16-17,19-21,24H,3-10,14-15H2,1-2H3. The van der Waals surface area contributed by atoms with Gasteiger partial charge in [-0.05, 0) is 73.1 Å². The number of hydrogen-bond acceptors (Lipinski definition) is 2. The van der Waals surface area contributed by atoms with Crippen LogP contribution in [0.3, 0.4) is 0 Å². The average molecular weight is 375 g/mol. The van der Waals surface area contributed by atoms with E-state index in [4.69, 9.17) is 0 Å². The molecular weight excluding hydrogens is 340 g/mol. The zero-order chi connectivity index (χ0) is 19.6. The smallest absolute Gasteiger partial charge is 0.205 e. The van der Waals surface area contributed by atoms with Crippen LogP contribution in [0.25, 0.3) is 0 Å². The van der Waals surface area contributed by atoms with Crippen LogP contribution in [0.5, 0.6) is 0 Å². The summed E-state index contributed by atoms with van der Waals surface area (Å²) in [7, 11) is 0. The Morgan fingerprint density at radius 2 is 1.57 bits per heavy atom. The van der Waals surface area contributed by atoms with E-state index in [-0.39, 0.29) is 0 Å². The summed E-state index contributed by atoms with van der Waals surface area (Å²) >= 11 is 0. The van der Waals surface area contributed by atoms with Gasteiger partial charge in [-0.2, -0.15) is 0 Å². The molecule has 1 heterocycles. The maximum atomic E-state index is 4.35. The Bertz CT molecular complexity index is 757. The van der Waals surface area contributed by atoms with E-state index in [2.05, 4.69) is 59.9 Å². The third-order valence-corrected chi connectivity index (χ3v) is 6.01. The normalized spacial score (nSPS) is 19.1. The second kappa shape index (κ2) is 11.0. The Hall–Kier alpha value is -2.14. The number of rotatable bonds is 7. The van der Waals surface area contributed by atoms with Gasteiger partial charge in [0.15, 0.2) is 0 Å². The summed E-state index contributed by atoms with van der Waals surface area (Å²) in [6.45, 7) is 4.46. The van der Waals surface area contributed by atoms with Gasteiger partial charge in [0, 0.05) is 18.0 Å². The maximum Gasteiger partial charge on any atom is 0.205 e. The Balaban J connectivity index is 1.52. The Kier molecular flexibility index (Phi) is 8.09. The fourth-order valence-corrected chi connectivity index (χ4v) is 4.27. The highest BCUT2D eigenvalue weighted by molar-refractivity contribution is 5.40. The molecule has 148 valence electrons. The van der Waals surface area contributed by atoms with Gasteiger partial charge in [-0.25, -0.2) is 9.97 Å². The van der Waals surface area contributed by atoms with Gasteiger partial charge in [0.25, 0.3) is 0 Å². The molecule has 28 heavy (non-hydrogen) atoms. The van der Waals surface area contributed by atoms with Crippen LogP contribution in [0.2, 0.25) is 0 Å². The minimum Gasteiger partial charge on any atom is -0.229 e. The van der Waals surface area contributed by atoms with Crippen molar-refractivity contribution in [3.05, 3.63) is 59.2 Å². The molecule has 1 aromatic carbocycles. The first kappa shape index (κ1) is 20.6. The van der Waals surface area contributed by atoms with E-state index in [0.29, 0.717) is 5.82 Å². The second-order valence-corrected chi connectivity index (χ2v) is 8.25. The maximum absolute atomic E-state index is 4.35. The molecule has 3 rings (SSSR count). The van der Waals surface area contributed by atoms with Crippen molar-refractivity contribution in [2.75, 3.05) is 0 Å². The lowest BCUT2D eigenvalue weighted by Gasteiger charge is -2.29. The van der Waals surface area contributed by atoms with Crippen molar-refractivity contribution in [3.63, 3.8) is 0 Å². The van der Waals surface area contributed by atoms with Crippen LogP contribution in [0.4, 0.5) is 0 Å². The van der Waals surface area contributed by atoms with Crippen LogP contribution in [0, 0.1) is 17.8 Å². The lowest BCUT2D eigenvalue weighted by molar-refractivity contribution is 0.303. The van der Waals surface area contributed by atoms with Gasteiger partial charge in [-0.3, -0.25) is 0 Å². The topological polar surface area (TPSA) is 25.8 Å². The molecule has 0 unspecified atom stereocenters. The number of benzene rings is 1. The zero-order valence-electron chi connectivity index (χ0n) is 17.6. The van der Waals surface area contributed by atoms with E-state index in [0.717, 1.165) is 30.2 Å². The molecular formula is C26H34N2. The fourth-order valence-electron chi connectivity index (χ4n) is 4.27. The highest BCUT2D eigenvalue weighted by Gasteiger charge is 2.21. The summed E-state index contributed by atoms with van der Waals surface area (Å²) in [6, 6.07) is 8.86. The molecule has 0 atom stereocenters. The van der Waals surface area contributed by atoms with Crippen LogP contribution >= 0.6 is 0 Å². The predicted octanol–water partition coefficient (Wildman–Crippen LogP) is 6.68. The Morgan fingerprint density at radius 1 is 0.857 bits per heavy atom. The van der Waals surface area contributed by atoms with Crippen molar-refractivity contribution in [1.29, 1.82) is 0 Å².